The van der Waals surface area contributed by atoms with Crippen LogP contribution in [0, 0.1) is 0 Å². The molecule has 2 aromatic carbocycles. The van der Waals surface area contributed by atoms with Crippen LogP contribution in [0.3, 0.4) is 0 Å². The van der Waals surface area contributed by atoms with Gasteiger partial charge in [-0.25, -0.2) is 0 Å². The summed E-state index contributed by atoms with van der Waals surface area (Å²) < 4.78 is 5.32. The molecule has 0 aliphatic carbocycles. The van der Waals surface area contributed by atoms with Crippen LogP contribution in [0.5, 0.6) is 0 Å². The van der Waals surface area contributed by atoms with Crippen LogP contribution in [-0.4, -0.2) is 30.1 Å². The summed E-state index contributed by atoms with van der Waals surface area (Å²) in [7, 11) is 3.47. The van der Waals surface area contributed by atoms with Gasteiger partial charge >= 0.3 is 0 Å². The topological polar surface area (TPSA) is 46.3 Å². The Kier molecular flexibility index (Phi) is 2.99. The van der Waals surface area contributed by atoms with Crippen molar-refractivity contribution >= 4 is 16.9 Å². The minimum absolute atomic E-state index is 0.0484. The average molecular weight is 266 g/mol. The van der Waals surface area contributed by atoms with Crippen molar-refractivity contribution < 1.29 is 9.32 Å². The second-order valence-electron chi connectivity index (χ2n) is 4.77. The van der Waals surface area contributed by atoms with E-state index in [2.05, 4.69) is 5.16 Å². The molecule has 0 spiro atoms. The lowest BCUT2D eigenvalue weighted by Gasteiger charge is -2.12. The molecule has 20 heavy (non-hydrogen) atoms. The first kappa shape index (κ1) is 12.4. The highest BCUT2D eigenvalue weighted by Gasteiger charge is 2.18. The van der Waals surface area contributed by atoms with Gasteiger partial charge < -0.3 is 9.42 Å². The van der Waals surface area contributed by atoms with E-state index in [0.29, 0.717) is 11.3 Å². The standard InChI is InChI=1S/C16H14N2O2/c1-18(2)16(19)12-8-4-3-7-11(12)15-13-9-5-6-10-14(13)20-17-15/h3-10H,1-2H3. The molecule has 0 atom stereocenters. The second-order valence-corrected chi connectivity index (χ2v) is 4.77. The number of para-hydroxylation sites is 1. The van der Waals surface area contributed by atoms with Gasteiger partial charge in [0.1, 0.15) is 5.69 Å². The zero-order valence-electron chi connectivity index (χ0n) is 11.3. The summed E-state index contributed by atoms with van der Waals surface area (Å²) in [6, 6.07) is 15.1. The number of aromatic nitrogens is 1. The molecule has 4 nitrogen and oxygen atoms in total. The number of rotatable bonds is 2. The van der Waals surface area contributed by atoms with E-state index < -0.39 is 0 Å². The van der Waals surface area contributed by atoms with E-state index in [0.717, 1.165) is 16.5 Å². The predicted octanol–water partition coefficient (Wildman–Crippen LogP) is 3.20. The van der Waals surface area contributed by atoms with Crippen molar-refractivity contribution in [2.24, 2.45) is 0 Å². The molecule has 4 heteroatoms. The Morgan fingerprint density at radius 2 is 1.75 bits per heavy atom. The zero-order chi connectivity index (χ0) is 14.1. The fraction of sp³-hybridized carbons (Fsp3) is 0.125. The van der Waals surface area contributed by atoms with Gasteiger partial charge in [0, 0.05) is 30.6 Å². The van der Waals surface area contributed by atoms with Crippen LogP contribution in [-0.2, 0) is 0 Å². The fourth-order valence-electron chi connectivity index (χ4n) is 2.20. The fourth-order valence-corrected chi connectivity index (χ4v) is 2.20. The van der Waals surface area contributed by atoms with Gasteiger partial charge in [0.25, 0.3) is 5.91 Å². The molecule has 100 valence electrons. The third-order valence-electron chi connectivity index (χ3n) is 3.20. The number of nitrogens with zero attached hydrogens (tertiary/aromatic N) is 2. The number of fused-ring (bicyclic) bond motifs is 1. The molecule has 0 radical (unpaired) electrons. The Hall–Kier alpha value is -2.62. The van der Waals surface area contributed by atoms with E-state index in [1.54, 1.807) is 25.1 Å². The molecule has 1 aromatic heterocycles. The number of amides is 1. The van der Waals surface area contributed by atoms with Crippen LogP contribution < -0.4 is 0 Å². The Morgan fingerprint density at radius 1 is 1.05 bits per heavy atom. The molecular formula is C16H14N2O2. The van der Waals surface area contributed by atoms with Crippen LogP contribution in [0.1, 0.15) is 10.4 Å². The SMILES string of the molecule is CN(C)C(=O)c1ccccc1-c1noc2ccccc12. The lowest BCUT2D eigenvalue weighted by atomic mass is 10.0. The molecule has 0 saturated carbocycles. The Labute approximate surface area is 116 Å². The van der Waals surface area contributed by atoms with Gasteiger partial charge in [-0.2, -0.15) is 0 Å². The van der Waals surface area contributed by atoms with Gasteiger partial charge in [0.05, 0.1) is 0 Å². The highest BCUT2D eigenvalue weighted by Crippen LogP contribution is 2.30. The van der Waals surface area contributed by atoms with E-state index in [1.807, 2.05) is 42.5 Å². The van der Waals surface area contributed by atoms with Gasteiger partial charge in [-0.15, -0.1) is 0 Å². The molecule has 0 unspecified atom stereocenters. The molecule has 1 amide bonds. The average Bonchev–Trinajstić information content (AvgIpc) is 2.90. The molecule has 1 heterocycles. The molecule has 0 saturated heterocycles. The van der Waals surface area contributed by atoms with Crippen molar-refractivity contribution in [3.63, 3.8) is 0 Å². The smallest absolute Gasteiger partial charge is 0.254 e. The molecule has 0 bridgehead atoms. The number of hydrogen-bond donors (Lipinski definition) is 0. The van der Waals surface area contributed by atoms with E-state index in [1.165, 1.54) is 0 Å². The third-order valence-corrected chi connectivity index (χ3v) is 3.20. The van der Waals surface area contributed by atoms with Crippen molar-refractivity contribution in [3.8, 4) is 11.3 Å². The predicted molar refractivity (Wildman–Crippen MR) is 77.5 cm³/mol. The van der Waals surface area contributed by atoms with Crippen LogP contribution in [0.2, 0.25) is 0 Å². The monoisotopic (exact) mass is 266 g/mol. The maximum absolute atomic E-state index is 12.3. The molecular weight excluding hydrogens is 252 g/mol. The zero-order valence-corrected chi connectivity index (χ0v) is 11.3. The van der Waals surface area contributed by atoms with E-state index >= 15 is 0 Å². The van der Waals surface area contributed by atoms with Crippen molar-refractivity contribution in [3.05, 3.63) is 54.1 Å². The van der Waals surface area contributed by atoms with Crippen molar-refractivity contribution in [1.82, 2.24) is 10.1 Å². The summed E-state index contributed by atoms with van der Waals surface area (Å²) in [6.45, 7) is 0. The minimum Gasteiger partial charge on any atom is -0.356 e. The number of benzene rings is 2. The highest BCUT2D eigenvalue weighted by molar-refractivity contribution is 6.03. The summed E-state index contributed by atoms with van der Waals surface area (Å²) >= 11 is 0. The number of carbonyl (C=O) groups excluding carboxylic acids is 1. The number of hydrogen-bond acceptors (Lipinski definition) is 3. The summed E-state index contributed by atoms with van der Waals surface area (Å²) in [4.78, 5) is 13.8. The summed E-state index contributed by atoms with van der Waals surface area (Å²) in [5.41, 5.74) is 2.83. The van der Waals surface area contributed by atoms with E-state index in [4.69, 9.17) is 4.52 Å². The van der Waals surface area contributed by atoms with Gasteiger partial charge in [-0.05, 0) is 18.2 Å². The molecule has 0 fully saturated rings. The maximum Gasteiger partial charge on any atom is 0.254 e. The van der Waals surface area contributed by atoms with Crippen LogP contribution in [0.25, 0.3) is 22.2 Å². The van der Waals surface area contributed by atoms with Crippen molar-refractivity contribution in [2.75, 3.05) is 14.1 Å². The first-order valence-corrected chi connectivity index (χ1v) is 6.34. The highest BCUT2D eigenvalue weighted by atomic mass is 16.5. The Balaban J connectivity index is 2.22. The van der Waals surface area contributed by atoms with Gasteiger partial charge in [0.2, 0.25) is 0 Å². The first-order valence-electron chi connectivity index (χ1n) is 6.34. The first-order chi connectivity index (χ1) is 9.68. The van der Waals surface area contributed by atoms with Gasteiger partial charge in [-0.1, -0.05) is 35.5 Å². The molecule has 3 aromatic rings. The lowest BCUT2D eigenvalue weighted by molar-refractivity contribution is 0.0828. The van der Waals surface area contributed by atoms with E-state index in [-0.39, 0.29) is 5.91 Å². The summed E-state index contributed by atoms with van der Waals surface area (Å²) in [5.74, 6) is -0.0484. The van der Waals surface area contributed by atoms with E-state index in [9.17, 15) is 4.79 Å². The molecule has 0 N–H and O–H groups in total. The third kappa shape index (κ3) is 1.95. The minimum atomic E-state index is -0.0484. The largest absolute Gasteiger partial charge is 0.356 e. The van der Waals surface area contributed by atoms with Crippen molar-refractivity contribution in [1.29, 1.82) is 0 Å². The lowest BCUT2D eigenvalue weighted by Crippen LogP contribution is -2.22. The molecule has 3 rings (SSSR count). The summed E-state index contributed by atoms with van der Waals surface area (Å²) in [6.07, 6.45) is 0. The second kappa shape index (κ2) is 4.81. The van der Waals surface area contributed by atoms with Gasteiger partial charge in [0.15, 0.2) is 5.58 Å². The van der Waals surface area contributed by atoms with Gasteiger partial charge in [-0.3, -0.25) is 4.79 Å². The maximum atomic E-state index is 12.3. The Morgan fingerprint density at radius 3 is 2.55 bits per heavy atom. The summed E-state index contributed by atoms with van der Waals surface area (Å²) in [5, 5.41) is 5.03. The van der Waals surface area contributed by atoms with Crippen LogP contribution >= 0.6 is 0 Å². The normalized spacial score (nSPS) is 10.7. The number of carbonyl (C=O) groups is 1. The quantitative estimate of drug-likeness (QED) is 0.715. The van der Waals surface area contributed by atoms with Crippen molar-refractivity contribution in [2.45, 2.75) is 0 Å². The Bertz CT molecular complexity index is 775. The molecule has 0 aliphatic heterocycles. The van der Waals surface area contributed by atoms with Crippen LogP contribution in [0.4, 0.5) is 0 Å². The van der Waals surface area contributed by atoms with Crippen LogP contribution in [0.15, 0.2) is 53.1 Å². The molecule has 0 aliphatic rings.